The molecule has 0 saturated heterocycles. The molecule has 1 rings (SSSR count). The molecular formula is C12H17NO2. The lowest BCUT2D eigenvalue weighted by Gasteiger charge is -2.25. The molecule has 0 amide bonds. The summed E-state index contributed by atoms with van der Waals surface area (Å²) in [6.07, 6.45) is 0. The smallest absolute Gasteiger partial charge is 0.326 e. The molecule has 0 aromatic heterocycles. The zero-order valence-electron chi connectivity index (χ0n) is 9.61. The summed E-state index contributed by atoms with van der Waals surface area (Å²) in [7, 11) is 1.81. The normalized spacial score (nSPS) is 12.3. The summed E-state index contributed by atoms with van der Waals surface area (Å²) in [5.41, 5.74) is 3.21. The maximum absolute atomic E-state index is 10.9. The van der Waals surface area contributed by atoms with E-state index < -0.39 is 12.0 Å². The number of benzene rings is 1. The highest BCUT2D eigenvalue weighted by Crippen LogP contribution is 2.21. The number of hydrogen-bond donors (Lipinski definition) is 1. The maximum atomic E-state index is 10.9. The van der Waals surface area contributed by atoms with Crippen LogP contribution in [0, 0.1) is 13.8 Å². The van der Waals surface area contributed by atoms with E-state index in [0.717, 1.165) is 16.8 Å². The molecule has 0 heterocycles. The van der Waals surface area contributed by atoms with E-state index >= 15 is 0 Å². The van der Waals surface area contributed by atoms with Gasteiger partial charge in [-0.3, -0.25) is 0 Å². The first-order valence-corrected chi connectivity index (χ1v) is 4.96. The molecule has 3 heteroatoms. The number of carboxylic acid groups (broad SMARTS) is 1. The molecule has 0 aliphatic heterocycles. The number of carboxylic acids is 1. The molecule has 0 bridgehead atoms. The quantitative estimate of drug-likeness (QED) is 0.826. The first-order chi connectivity index (χ1) is 6.93. The highest BCUT2D eigenvalue weighted by molar-refractivity contribution is 5.78. The minimum atomic E-state index is -0.807. The lowest BCUT2D eigenvalue weighted by Crippen LogP contribution is -2.36. The Morgan fingerprint density at radius 2 is 2.00 bits per heavy atom. The molecule has 82 valence electrons. The lowest BCUT2D eigenvalue weighted by atomic mass is 10.1. The zero-order valence-corrected chi connectivity index (χ0v) is 9.61. The van der Waals surface area contributed by atoms with Gasteiger partial charge in [0.25, 0.3) is 0 Å². The fraction of sp³-hybridized carbons (Fsp3) is 0.417. The molecule has 3 nitrogen and oxygen atoms in total. The minimum Gasteiger partial charge on any atom is -0.480 e. The van der Waals surface area contributed by atoms with Crippen LogP contribution in [-0.4, -0.2) is 24.2 Å². The van der Waals surface area contributed by atoms with Gasteiger partial charge in [-0.15, -0.1) is 0 Å². The Kier molecular flexibility index (Phi) is 3.35. The largest absolute Gasteiger partial charge is 0.480 e. The van der Waals surface area contributed by atoms with Crippen LogP contribution >= 0.6 is 0 Å². The zero-order chi connectivity index (χ0) is 11.6. The average Bonchev–Trinajstić information content (AvgIpc) is 2.19. The highest BCUT2D eigenvalue weighted by atomic mass is 16.4. The summed E-state index contributed by atoms with van der Waals surface area (Å²) in [6, 6.07) is 5.54. The van der Waals surface area contributed by atoms with Gasteiger partial charge >= 0.3 is 5.97 Å². The third-order valence-electron chi connectivity index (χ3n) is 2.68. The second-order valence-corrected chi connectivity index (χ2v) is 3.92. The van der Waals surface area contributed by atoms with Crippen molar-refractivity contribution in [2.75, 3.05) is 11.9 Å². The number of likely N-dealkylation sites (N-methyl/N-ethyl adjacent to an activating group) is 1. The van der Waals surface area contributed by atoms with Crippen molar-refractivity contribution in [2.24, 2.45) is 0 Å². The fourth-order valence-corrected chi connectivity index (χ4v) is 1.47. The van der Waals surface area contributed by atoms with Crippen molar-refractivity contribution in [3.63, 3.8) is 0 Å². The SMILES string of the molecule is Cc1ccc(C)c(N(C)[C@H](C)C(=O)O)c1. The maximum Gasteiger partial charge on any atom is 0.326 e. The van der Waals surface area contributed by atoms with Gasteiger partial charge in [0.2, 0.25) is 0 Å². The Hall–Kier alpha value is -1.51. The van der Waals surface area contributed by atoms with Crippen LogP contribution < -0.4 is 4.90 Å². The third-order valence-corrected chi connectivity index (χ3v) is 2.68. The van der Waals surface area contributed by atoms with Crippen molar-refractivity contribution in [3.05, 3.63) is 29.3 Å². The number of rotatable bonds is 3. The van der Waals surface area contributed by atoms with Crippen molar-refractivity contribution < 1.29 is 9.90 Å². The molecular weight excluding hydrogens is 190 g/mol. The molecule has 0 radical (unpaired) electrons. The minimum absolute atomic E-state index is 0.509. The first kappa shape index (κ1) is 11.6. The van der Waals surface area contributed by atoms with Gasteiger partial charge in [0, 0.05) is 12.7 Å². The van der Waals surface area contributed by atoms with E-state index in [-0.39, 0.29) is 0 Å². The molecule has 0 spiro atoms. The van der Waals surface area contributed by atoms with Crippen molar-refractivity contribution in [2.45, 2.75) is 26.8 Å². The van der Waals surface area contributed by atoms with E-state index in [4.69, 9.17) is 5.11 Å². The third kappa shape index (κ3) is 2.49. The second-order valence-electron chi connectivity index (χ2n) is 3.92. The number of anilines is 1. The van der Waals surface area contributed by atoms with Crippen molar-refractivity contribution >= 4 is 11.7 Å². The Morgan fingerprint density at radius 3 is 2.53 bits per heavy atom. The number of carbonyl (C=O) groups is 1. The average molecular weight is 207 g/mol. The van der Waals surface area contributed by atoms with Crippen LogP contribution in [-0.2, 0) is 4.79 Å². The van der Waals surface area contributed by atoms with Crippen LogP contribution in [0.15, 0.2) is 18.2 Å². The highest BCUT2D eigenvalue weighted by Gasteiger charge is 2.18. The van der Waals surface area contributed by atoms with Crippen molar-refractivity contribution in [1.82, 2.24) is 0 Å². The summed E-state index contributed by atoms with van der Waals surface area (Å²) >= 11 is 0. The Labute approximate surface area is 90.3 Å². The van der Waals surface area contributed by atoms with Gasteiger partial charge in [-0.1, -0.05) is 12.1 Å². The van der Waals surface area contributed by atoms with Gasteiger partial charge in [0.15, 0.2) is 0 Å². The van der Waals surface area contributed by atoms with Gasteiger partial charge < -0.3 is 10.0 Å². The molecule has 0 aliphatic rings. The molecule has 0 saturated carbocycles. The molecule has 1 aromatic rings. The van der Waals surface area contributed by atoms with Crippen molar-refractivity contribution in [1.29, 1.82) is 0 Å². The van der Waals surface area contributed by atoms with Gasteiger partial charge in [-0.25, -0.2) is 4.79 Å². The molecule has 1 aromatic carbocycles. The Morgan fingerprint density at radius 1 is 1.40 bits per heavy atom. The molecule has 0 unspecified atom stereocenters. The van der Waals surface area contributed by atoms with Crippen LogP contribution in [0.25, 0.3) is 0 Å². The molecule has 1 atom stereocenters. The van der Waals surface area contributed by atoms with Gasteiger partial charge in [-0.05, 0) is 38.0 Å². The predicted molar refractivity (Wildman–Crippen MR) is 61.4 cm³/mol. The van der Waals surface area contributed by atoms with Crippen molar-refractivity contribution in [3.8, 4) is 0 Å². The van der Waals surface area contributed by atoms with Crippen LogP contribution in [0.5, 0.6) is 0 Å². The summed E-state index contributed by atoms with van der Waals surface area (Å²) < 4.78 is 0. The standard InChI is InChI=1S/C12H17NO2/c1-8-5-6-9(2)11(7-8)13(4)10(3)12(14)15/h5-7,10H,1-4H3,(H,14,15)/t10-/m1/s1. The molecule has 0 fully saturated rings. The van der Waals surface area contributed by atoms with E-state index in [0.29, 0.717) is 0 Å². The van der Waals surface area contributed by atoms with E-state index in [1.807, 2.05) is 32.0 Å². The molecule has 1 N–H and O–H groups in total. The Balaban J connectivity index is 3.04. The van der Waals surface area contributed by atoms with Crippen LogP contribution in [0.4, 0.5) is 5.69 Å². The summed E-state index contributed by atoms with van der Waals surface area (Å²) in [5.74, 6) is -0.807. The van der Waals surface area contributed by atoms with E-state index in [9.17, 15) is 4.79 Å². The summed E-state index contributed by atoms with van der Waals surface area (Å²) in [6.45, 7) is 5.67. The van der Waals surface area contributed by atoms with E-state index in [2.05, 4.69) is 0 Å². The second kappa shape index (κ2) is 4.34. The van der Waals surface area contributed by atoms with Crippen LogP contribution in [0.3, 0.4) is 0 Å². The van der Waals surface area contributed by atoms with E-state index in [1.165, 1.54) is 0 Å². The van der Waals surface area contributed by atoms with Gasteiger partial charge in [0.1, 0.15) is 6.04 Å². The predicted octanol–water partition coefficient (Wildman–Crippen LogP) is 2.21. The van der Waals surface area contributed by atoms with E-state index in [1.54, 1.807) is 18.9 Å². The summed E-state index contributed by atoms with van der Waals surface area (Å²) in [5, 5.41) is 8.93. The molecule has 15 heavy (non-hydrogen) atoms. The number of aliphatic carboxylic acids is 1. The topological polar surface area (TPSA) is 40.5 Å². The number of nitrogens with zero attached hydrogens (tertiary/aromatic N) is 1. The lowest BCUT2D eigenvalue weighted by molar-refractivity contribution is -0.138. The molecule has 0 aliphatic carbocycles. The van der Waals surface area contributed by atoms with Crippen LogP contribution in [0.2, 0.25) is 0 Å². The first-order valence-electron chi connectivity index (χ1n) is 4.96. The Bertz CT molecular complexity index is 374. The fourth-order valence-electron chi connectivity index (χ4n) is 1.47. The number of aryl methyl sites for hydroxylation is 2. The van der Waals surface area contributed by atoms with Crippen LogP contribution in [0.1, 0.15) is 18.1 Å². The summed E-state index contributed by atoms with van der Waals surface area (Å²) in [4.78, 5) is 12.7. The van der Waals surface area contributed by atoms with Gasteiger partial charge in [0.05, 0.1) is 0 Å². The number of hydrogen-bond acceptors (Lipinski definition) is 2. The monoisotopic (exact) mass is 207 g/mol. The van der Waals surface area contributed by atoms with Gasteiger partial charge in [-0.2, -0.15) is 0 Å².